The van der Waals surface area contributed by atoms with Crippen LogP contribution in [0.5, 0.6) is 0 Å². The normalized spacial score (nSPS) is 11.6. The molecule has 25 heavy (non-hydrogen) atoms. The lowest BCUT2D eigenvalue weighted by atomic mass is 10.2. The molecule has 2 heterocycles. The Morgan fingerprint density at radius 3 is 2.28 bits per heavy atom. The Labute approximate surface area is 136 Å². The zero-order valence-corrected chi connectivity index (χ0v) is 12.2. The summed E-state index contributed by atoms with van der Waals surface area (Å²) in [6, 6.07) is 5.14. The van der Waals surface area contributed by atoms with Crippen LogP contribution in [-0.4, -0.2) is 45.5 Å². The van der Waals surface area contributed by atoms with Gasteiger partial charge in [-0.15, -0.1) is 0 Å². The number of carboxylic acid groups (broad SMARTS) is 1. The van der Waals surface area contributed by atoms with E-state index in [0.717, 1.165) is 0 Å². The zero-order chi connectivity index (χ0) is 19.3. The first kappa shape index (κ1) is 20.3. The average Bonchev–Trinajstić information content (AvgIpc) is 2.89. The van der Waals surface area contributed by atoms with E-state index in [9.17, 15) is 31.1 Å². The molecule has 0 saturated carbocycles. The number of carbonyl (C=O) groups is 2. The monoisotopic (exact) mass is 371 g/mol. The highest BCUT2D eigenvalue weighted by Gasteiger charge is 2.38. The number of nitrogens with zero attached hydrogens (tertiary/aromatic N) is 2. The van der Waals surface area contributed by atoms with Gasteiger partial charge in [0.25, 0.3) is 5.91 Å². The summed E-state index contributed by atoms with van der Waals surface area (Å²) in [6.45, 7) is -0.438. The van der Waals surface area contributed by atoms with Crippen LogP contribution >= 0.6 is 0 Å². The number of fused-ring (bicyclic) bond motifs is 1. The summed E-state index contributed by atoms with van der Waals surface area (Å²) < 4.78 is 69.0. The molecule has 0 aliphatic rings. The molecule has 2 aromatic heterocycles. The number of nitrogens with one attached hydrogen (secondary N) is 1. The number of amides is 1. The van der Waals surface area contributed by atoms with Gasteiger partial charge in [-0.05, 0) is 12.1 Å². The molecule has 2 rings (SSSR count). The minimum Gasteiger partial charge on any atom is -0.475 e. The summed E-state index contributed by atoms with van der Waals surface area (Å²) in [5.74, 6) is -3.31. The van der Waals surface area contributed by atoms with Gasteiger partial charge in [-0.25, -0.2) is 9.31 Å². The minimum atomic E-state index is -5.08. The number of hydrogen-bond acceptors (Lipinski definition) is 3. The van der Waals surface area contributed by atoms with E-state index in [4.69, 9.17) is 9.90 Å². The van der Waals surface area contributed by atoms with Crippen molar-refractivity contribution in [3.05, 3.63) is 36.2 Å². The predicted molar refractivity (Wildman–Crippen MR) is 71.9 cm³/mol. The molecule has 12 heteroatoms. The van der Waals surface area contributed by atoms with E-state index >= 15 is 0 Å². The van der Waals surface area contributed by atoms with Gasteiger partial charge >= 0.3 is 18.3 Å². The van der Waals surface area contributed by atoms with Crippen molar-refractivity contribution in [3.8, 4) is 0 Å². The van der Waals surface area contributed by atoms with Gasteiger partial charge in [0.15, 0.2) is 0 Å². The van der Waals surface area contributed by atoms with Crippen LogP contribution in [0.2, 0.25) is 0 Å². The third-order valence-corrected chi connectivity index (χ3v) is 2.61. The Bertz CT molecular complexity index is 738. The topological polar surface area (TPSA) is 83.7 Å². The van der Waals surface area contributed by atoms with Gasteiger partial charge in [-0.1, -0.05) is 6.07 Å². The van der Waals surface area contributed by atoms with Crippen LogP contribution in [0.15, 0.2) is 30.6 Å². The van der Waals surface area contributed by atoms with Gasteiger partial charge in [0.1, 0.15) is 0 Å². The van der Waals surface area contributed by atoms with E-state index in [0.29, 0.717) is 5.52 Å². The first-order chi connectivity index (χ1) is 11.4. The highest BCUT2D eigenvalue weighted by atomic mass is 19.4. The van der Waals surface area contributed by atoms with Crippen molar-refractivity contribution in [1.82, 2.24) is 14.9 Å². The Hall–Kier alpha value is -2.79. The maximum Gasteiger partial charge on any atom is 0.490 e. The van der Waals surface area contributed by atoms with Gasteiger partial charge < -0.3 is 10.4 Å². The first-order valence-electron chi connectivity index (χ1n) is 6.49. The van der Waals surface area contributed by atoms with E-state index in [2.05, 4.69) is 10.4 Å². The van der Waals surface area contributed by atoms with Crippen molar-refractivity contribution in [2.24, 2.45) is 0 Å². The zero-order valence-electron chi connectivity index (χ0n) is 12.2. The molecule has 0 bridgehead atoms. The smallest absolute Gasteiger partial charge is 0.475 e. The SMILES string of the molecule is O=C(NCCC(F)(F)F)c1cnn2ccccc12.O=C(O)C(F)(F)F. The third kappa shape index (κ3) is 6.69. The molecule has 0 aliphatic carbocycles. The fraction of sp³-hybridized carbons (Fsp3) is 0.308. The molecule has 138 valence electrons. The number of rotatable bonds is 3. The second-order valence-corrected chi connectivity index (χ2v) is 4.51. The quantitative estimate of drug-likeness (QED) is 0.813. The number of alkyl halides is 6. The third-order valence-electron chi connectivity index (χ3n) is 2.61. The van der Waals surface area contributed by atoms with Crippen LogP contribution in [-0.2, 0) is 4.79 Å². The van der Waals surface area contributed by atoms with E-state index in [1.54, 1.807) is 24.4 Å². The fourth-order valence-corrected chi connectivity index (χ4v) is 1.52. The molecule has 2 N–H and O–H groups in total. The molecule has 0 fully saturated rings. The van der Waals surface area contributed by atoms with Crippen LogP contribution < -0.4 is 5.32 Å². The number of carbonyl (C=O) groups excluding carboxylic acids is 1. The van der Waals surface area contributed by atoms with Gasteiger partial charge in [0.05, 0.1) is 23.7 Å². The summed E-state index contributed by atoms with van der Waals surface area (Å²) in [4.78, 5) is 20.6. The van der Waals surface area contributed by atoms with Crippen molar-refractivity contribution < 1.29 is 41.0 Å². The number of aromatic nitrogens is 2. The molecule has 6 nitrogen and oxygen atoms in total. The van der Waals surface area contributed by atoms with Crippen molar-refractivity contribution in [2.45, 2.75) is 18.8 Å². The van der Waals surface area contributed by atoms with Gasteiger partial charge in [-0.2, -0.15) is 31.4 Å². The number of halogens is 6. The first-order valence-corrected chi connectivity index (χ1v) is 6.49. The van der Waals surface area contributed by atoms with Crippen LogP contribution in [0.1, 0.15) is 16.8 Å². The molecule has 2 aromatic rings. The van der Waals surface area contributed by atoms with Crippen molar-refractivity contribution in [3.63, 3.8) is 0 Å². The van der Waals surface area contributed by atoms with Gasteiger partial charge in [0.2, 0.25) is 0 Å². The molecule has 0 saturated heterocycles. The lowest BCUT2D eigenvalue weighted by Crippen LogP contribution is -2.27. The standard InChI is InChI=1S/C11H10F3N3O.C2HF3O2/c12-11(13,14)4-5-15-10(18)8-7-16-17-6-2-1-3-9(8)17;3-2(4,5)1(6)7/h1-3,6-7H,4-5H2,(H,15,18);(H,6,7). The molecule has 0 aromatic carbocycles. The number of aliphatic carboxylic acids is 1. The molecule has 1 amide bonds. The van der Waals surface area contributed by atoms with Crippen LogP contribution in [0.25, 0.3) is 5.52 Å². The van der Waals surface area contributed by atoms with E-state index in [-0.39, 0.29) is 5.56 Å². The van der Waals surface area contributed by atoms with E-state index in [1.165, 1.54) is 10.7 Å². The molecule has 0 spiro atoms. The Morgan fingerprint density at radius 2 is 1.76 bits per heavy atom. The predicted octanol–water partition coefficient (Wildman–Crippen LogP) is 2.65. The fourth-order valence-electron chi connectivity index (χ4n) is 1.52. The molecule has 0 aliphatic heterocycles. The summed E-state index contributed by atoms with van der Waals surface area (Å²) in [5.41, 5.74) is 0.819. The van der Waals surface area contributed by atoms with Crippen molar-refractivity contribution in [1.29, 1.82) is 0 Å². The van der Waals surface area contributed by atoms with Crippen molar-refractivity contribution >= 4 is 17.4 Å². The Balaban J connectivity index is 0.000000381. The second kappa shape index (κ2) is 7.85. The molecule has 0 atom stereocenters. The maximum absolute atomic E-state index is 11.9. The average molecular weight is 371 g/mol. The molecule has 0 radical (unpaired) electrons. The number of pyridine rings is 1. The Kier molecular flexibility index (Phi) is 6.36. The number of carboxylic acids is 1. The van der Waals surface area contributed by atoms with E-state index < -0.39 is 37.2 Å². The molecule has 0 unspecified atom stereocenters. The highest BCUT2D eigenvalue weighted by Crippen LogP contribution is 2.18. The Morgan fingerprint density at radius 1 is 1.16 bits per heavy atom. The maximum atomic E-state index is 11.9. The lowest BCUT2D eigenvalue weighted by Gasteiger charge is -2.07. The largest absolute Gasteiger partial charge is 0.490 e. The van der Waals surface area contributed by atoms with Gasteiger partial charge in [-0.3, -0.25) is 4.79 Å². The molecular formula is C13H11F6N3O3. The second-order valence-electron chi connectivity index (χ2n) is 4.51. The van der Waals surface area contributed by atoms with Crippen LogP contribution in [0, 0.1) is 0 Å². The summed E-state index contributed by atoms with van der Waals surface area (Å²) in [6.07, 6.45) is -7.41. The van der Waals surface area contributed by atoms with Crippen molar-refractivity contribution in [2.75, 3.05) is 6.54 Å². The minimum absolute atomic E-state index is 0.262. The van der Waals surface area contributed by atoms with E-state index in [1.807, 2.05) is 0 Å². The molecular weight excluding hydrogens is 360 g/mol. The van der Waals surface area contributed by atoms with Crippen LogP contribution in [0.4, 0.5) is 26.3 Å². The summed E-state index contributed by atoms with van der Waals surface area (Å²) >= 11 is 0. The summed E-state index contributed by atoms with van der Waals surface area (Å²) in [5, 5.41) is 13.3. The van der Waals surface area contributed by atoms with Crippen LogP contribution in [0.3, 0.4) is 0 Å². The van der Waals surface area contributed by atoms with Gasteiger partial charge in [0, 0.05) is 12.7 Å². The number of hydrogen-bond donors (Lipinski definition) is 2. The highest BCUT2D eigenvalue weighted by molar-refractivity contribution is 6.00. The summed E-state index contributed by atoms with van der Waals surface area (Å²) in [7, 11) is 0. The lowest BCUT2D eigenvalue weighted by molar-refractivity contribution is -0.192.